The molecule has 0 saturated heterocycles. The molecule has 1 aliphatic carbocycles. The molecule has 1 aromatic heterocycles. The van der Waals surface area contributed by atoms with Crippen molar-refractivity contribution in [3.8, 4) is 5.75 Å². The summed E-state index contributed by atoms with van der Waals surface area (Å²) in [4.78, 5) is 17.7. The quantitative estimate of drug-likeness (QED) is 0.447. The molecule has 0 bridgehead atoms. The van der Waals surface area contributed by atoms with Crippen LogP contribution < -0.4 is 20.7 Å². The van der Waals surface area contributed by atoms with Crippen molar-refractivity contribution in [2.75, 3.05) is 13.2 Å². The van der Waals surface area contributed by atoms with Gasteiger partial charge in [-0.1, -0.05) is 12.1 Å². The van der Waals surface area contributed by atoms with Crippen molar-refractivity contribution in [3.05, 3.63) is 51.7 Å². The molecule has 7 heteroatoms. The molecule has 1 fully saturated rings. The first-order valence-corrected chi connectivity index (χ1v) is 10.6. The topological polar surface area (TPSA) is 74.8 Å². The Kier molecular flexibility index (Phi) is 7.31. The summed E-state index contributed by atoms with van der Waals surface area (Å²) in [5.74, 6) is 1.41. The summed E-state index contributed by atoms with van der Waals surface area (Å²) in [5.41, 5.74) is 2.33. The smallest absolute Gasteiger partial charge is 0.258 e. The van der Waals surface area contributed by atoms with Crippen LogP contribution in [0.15, 0.2) is 40.7 Å². The van der Waals surface area contributed by atoms with Gasteiger partial charge >= 0.3 is 0 Å². The van der Waals surface area contributed by atoms with E-state index in [2.05, 4.69) is 46.2 Å². The van der Waals surface area contributed by atoms with Gasteiger partial charge in [0.05, 0.1) is 13.1 Å². The van der Waals surface area contributed by atoms with E-state index in [1.165, 1.54) is 10.4 Å². The Hall–Kier alpha value is -2.54. The van der Waals surface area contributed by atoms with Gasteiger partial charge in [0.25, 0.3) is 5.91 Å². The van der Waals surface area contributed by atoms with Crippen molar-refractivity contribution < 1.29 is 9.53 Å². The Labute approximate surface area is 170 Å². The van der Waals surface area contributed by atoms with Crippen LogP contribution in [0.2, 0.25) is 0 Å². The highest BCUT2D eigenvalue weighted by Gasteiger charge is 2.23. The molecule has 0 unspecified atom stereocenters. The number of nitrogens with one attached hydrogen (secondary N) is 3. The third-order valence-electron chi connectivity index (χ3n) is 4.36. The van der Waals surface area contributed by atoms with E-state index in [0.717, 1.165) is 37.5 Å². The number of benzene rings is 1. The predicted octanol–water partition coefficient (Wildman–Crippen LogP) is 2.97. The van der Waals surface area contributed by atoms with Gasteiger partial charge in [-0.05, 0) is 61.4 Å². The van der Waals surface area contributed by atoms with Crippen LogP contribution in [0.1, 0.15) is 35.8 Å². The number of carbonyl (C=O) groups excluding carboxylic acids is 1. The molecule has 6 nitrogen and oxygen atoms in total. The number of ether oxygens (including phenoxy) is 1. The number of aryl methyl sites for hydroxylation is 1. The molecule has 0 radical (unpaired) electrons. The van der Waals surface area contributed by atoms with Gasteiger partial charge < -0.3 is 20.7 Å². The second-order valence-electron chi connectivity index (χ2n) is 6.85. The molecule has 150 valence electrons. The third kappa shape index (κ3) is 6.56. The summed E-state index contributed by atoms with van der Waals surface area (Å²) in [6.45, 7) is 6.31. The molecule has 1 heterocycles. The number of hydrogen-bond donors (Lipinski definition) is 3. The van der Waals surface area contributed by atoms with Crippen molar-refractivity contribution in [1.82, 2.24) is 16.0 Å². The average molecular weight is 401 g/mol. The number of thiophene rings is 1. The second kappa shape index (κ2) is 10.1. The molecule has 2 aromatic rings. The van der Waals surface area contributed by atoms with Crippen molar-refractivity contribution in [2.45, 2.75) is 45.8 Å². The Morgan fingerprint density at radius 1 is 1.29 bits per heavy atom. The van der Waals surface area contributed by atoms with Crippen LogP contribution in [-0.2, 0) is 17.9 Å². The lowest BCUT2D eigenvalue weighted by molar-refractivity contribution is -0.123. The molecule has 3 rings (SSSR count). The number of amides is 1. The summed E-state index contributed by atoms with van der Waals surface area (Å²) in [7, 11) is 0. The number of rotatable bonds is 9. The first-order chi connectivity index (χ1) is 13.6. The molecule has 0 spiro atoms. The lowest BCUT2D eigenvalue weighted by atomic mass is 10.2. The van der Waals surface area contributed by atoms with E-state index >= 15 is 0 Å². The van der Waals surface area contributed by atoms with E-state index < -0.39 is 0 Å². The molecule has 3 N–H and O–H groups in total. The SMILES string of the molecule is CCNC(=NCc1cccc(OCC(=O)NC2CC2)c1)NCc1sccc1C. The van der Waals surface area contributed by atoms with Gasteiger partial charge in [0, 0.05) is 17.5 Å². The van der Waals surface area contributed by atoms with Crippen LogP contribution in [0, 0.1) is 6.92 Å². The number of guanidine groups is 1. The Balaban J connectivity index is 1.52. The standard InChI is InChI=1S/C21H28N4O2S/c1-3-22-21(24-13-19-15(2)9-10-28-19)23-12-16-5-4-6-18(11-16)27-14-20(26)25-17-7-8-17/h4-6,9-11,17H,3,7-8,12-14H2,1-2H3,(H,25,26)(H2,22,23,24). The van der Waals surface area contributed by atoms with E-state index in [1.807, 2.05) is 24.3 Å². The summed E-state index contributed by atoms with van der Waals surface area (Å²) >= 11 is 1.75. The Bertz CT molecular complexity index is 814. The van der Waals surface area contributed by atoms with Crippen molar-refractivity contribution in [1.29, 1.82) is 0 Å². The normalized spacial score (nSPS) is 13.9. The van der Waals surface area contributed by atoms with E-state index in [-0.39, 0.29) is 12.5 Å². The fourth-order valence-corrected chi connectivity index (χ4v) is 3.49. The van der Waals surface area contributed by atoms with Crippen LogP contribution >= 0.6 is 11.3 Å². The number of carbonyl (C=O) groups is 1. The van der Waals surface area contributed by atoms with Crippen LogP contribution in [0.5, 0.6) is 5.75 Å². The first kappa shape index (κ1) is 20.2. The summed E-state index contributed by atoms with van der Waals surface area (Å²) in [5, 5.41) is 11.7. The molecule has 0 aliphatic heterocycles. The highest BCUT2D eigenvalue weighted by atomic mass is 32.1. The van der Waals surface area contributed by atoms with Crippen LogP contribution in [0.4, 0.5) is 0 Å². The minimum absolute atomic E-state index is 0.0492. The maximum atomic E-state index is 11.8. The number of aliphatic imine (C=N–C) groups is 1. The largest absolute Gasteiger partial charge is 0.484 e. The minimum atomic E-state index is -0.0616. The van der Waals surface area contributed by atoms with Gasteiger partial charge in [0.1, 0.15) is 5.75 Å². The fourth-order valence-electron chi connectivity index (χ4n) is 2.64. The number of nitrogens with zero attached hydrogens (tertiary/aromatic N) is 1. The highest BCUT2D eigenvalue weighted by Crippen LogP contribution is 2.19. The number of hydrogen-bond acceptors (Lipinski definition) is 4. The van der Waals surface area contributed by atoms with E-state index in [9.17, 15) is 4.79 Å². The Morgan fingerprint density at radius 2 is 2.14 bits per heavy atom. The summed E-state index contributed by atoms with van der Waals surface area (Å²) in [6, 6.07) is 10.2. The zero-order valence-electron chi connectivity index (χ0n) is 16.5. The van der Waals surface area contributed by atoms with Crippen molar-refractivity contribution in [3.63, 3.8) is 0 Å². The summed E-state index contributed by atoms with van der Waals surface area (Å²) < 4.78 is 5.61. The average Bonchev–Trinajstić information content (AvgIpc) is 3.41. The molecule has 1 amide bonds. The lowest BCUT2D eigenvalue weighted by Gasteiger charge is -2.11. The van der Waals surface area contributed by atoms with Gasteiger partial charge in [-0.25, -0.2) is 4.99 Å². The van der Waals surface area contributed by atoms with Crippen LogP contribution in [0.25, 0.3) is 0 Å². The maximum absolute atomic E-state index is 11.8. The van der Waals surface area contributed by atoms with E-state index in [4.69, 9.17) is 4.74 Å². The van der Waals surface area contributed by atoms with Crippen molar-refractivity contribution in [2.24, 2.45) is 4.99 Å². The monoisotopic (exact) mass is 400 g/mol. The van der Waals surface area contributed by atoms with Gasteiger partial charge in [-0.3, -0.25) is 4.79 Å². The van der Waals surface area contributed by atoms with Gasteiger partial charge in [0.2, 0.25) is 0 Å². The van der Waals surface area contributed by atoms with Crippen LogP contribution in [0.3, 0.4) is 0 Å². The molecule has 0 atom stereocenters. The zero-order valence-corrected chi connectivity index (χ0v) is 17.3. The zero-order chi connectivity index (χ0) is 19.8. The maximum Gasteiger partial charge on any atom is 0.258 e. The Morgan fingerprint density at radius 3 is 2.86 bits per heavy atom. The lowest BCUT2D eigenvalue weighted by Crippen LogP contribution is -2.36. The van der Waals surface area contributed by atoms with E-state index in [0.29, 0.717) is 18.3 Å². The van der Waals surface area contributed by atoms with Crippen molar-refractivity contribution >= 4 is 23.2 Å². The predicted molar refractivity (Wildman–Crippen MR) is 114 cm³/mol. The molecule has 1 aliphatic rings. The minimum Gasteiger partial charge on any atom is -0.484 e. The molecular formula is C21H28N4O2S. The van der Waals surface area contributed by atoms with Crippen LogP contribution in [-0.4, -0.2) is 31.1 Å². The molecule has 28 heavy (non-hydrogen) atoms. The molecular weight excluding hydrogens is 372 g/mol. The fraction of sp³-hybridized carbons (Fsp3) is 0.429. The third-order valence-corrected chi connectivity index (χ3v) is 5.38. The molecule has 1 saturated carbocycles. The molecule has 1 aromatic carbocycles. The summed E-state index contributed by atoms with van der Waals surface area (Å²) in [6.07, 6.45) is 2.15. The highest BCUT2D eigenvalue weighted by molar-refractivity contribution is 7.10. The second-order valence-corrected chi connectivity index (χ2v) is 7.85. The van der Waals surface area contributed by atoms with Gasteiger partial charge in [0.15, 0.2) is 12.6 Å². The van der Waals surface area contributed by atoms with Gasteiger partial charge in [-0.15, -0.1) is 11.3 Å². The first-order valence-electron chi connectivity index (χ1n) is 9.70. The van der Waals surface area contributed by atoms with E-state index in [1.54, 1.807) is 11.3 Å². The van der Waals surface area contributed by atoms with Gasteiger partial charge in [-0.2, -0.15) is 0 Å².